The molecule has 1 atom stereocenters. The van der Waals surface area contributed by atoms with Crippen molar-refractivity contribution in [2.24, 2.45) is 0 Å². The summed E-state index contributed by atoms with van der Waals surface area (Å²) in [5.41, 5.74) is 0. The van der Waals surface area contributed by atoms with Gasteiger partial charge in [0.2, 0.25) is 5.91 Å². The minimum Gasteiger partial charge on any atom is -0.379 e. The average Bonchev–Trinajstić information content (AvgIpc) is 2.38. The van der Waals surface area contributed by atoms with Gasteiger partial charge in [-0.1, -0.05) is 0 Å². The van der Waals surface area contributed by atoms with E-state index in [1.807, 2.05) is 20.9 Å². The SMILES string of the molecule is CNCC1CN(CC(=O)NCCCOC(C)C)CCO1. The zero-order valence-corrected chi connectivity index (χ0v) is 13.0. The maximum absolute atomic E-state index is 11.8. The van der Waals surface area contributed by atoms with Crippen LogP contribution in [0.1, 0.15) is 20.3 Å². The fraction of sp³-hybridized carbons (Fsp3) is 0.929. The van der Waals surface area contributed by atoms with Gasteiger partial charge in [0.25, 0.3) is 0 Å². The van der Waals surface area contributed by atoms with Crippen molar-refractivity contribution in [2.45, 2.75) is 32.5 Å². The first kappa shape index (κ1) is 17.4. The molecule has 20 heavy (non-hydrogen) atoms. The summed E-state index contributed by atoms with van der Waals surface area (Å²) in [5.74, 6) is 0.0830. The summed E-state index contributed by atoms with van der Waals surface area (Å²) in [6, 6.07) is 0. The van der Waals surface area contributed by atoms with Gasteiger partial charge < -0.3 is 20.1 Å². The van der Waals surface area contributed by atoms with Crippen molar-refractivity contribution in [2.75, 3.05) is 53.0 Å². The van der Waals surface area contributed by atoms with Crippen LogP contribution < -0.4 is 10.6 Å². The second kappa shape index (κ2) is 10.1. The predicted molar refractivity (Wildman–Crippen MR) is 78.8 cm³/mol. The van der Waals surface area contributed by atoms with E-state index >= 15 is 0 Å². The van der Waals surface area contributed by atoms with Crippen molar-refractivity contribution < 1.29 is 14.3 Å². The lowest BCUT2D eigenvalue weighted by atomic mass is 10.2. The smallest absolute Gasteiger partial charge is 0.234 e. The molecular weight excluding hydrogens is 258 g/mol. The van der Waals surface area contributed by atoms with Crippen molar-refractivity contribution in [1.29, 1.82) is 0 Å². The Morgan fingerprint density at radius 1 is 1.50 bits per heavy atom. The van der Waals surface area contributed by atoms with Crippen molar-refractivity contribution in [3.05, 3.63) is 0 Å². The van der Waals surface area contributed by atoms with E-state index in [-0.39, 0.29) is 18.1 Å². The van der Waals surface area contributed by atoms with E-state index in [2.05, 4.69) is 15.5 Å². The van der Waals surface area contributed by atoms with Crippen LogP contribution in [0.4, 0.5) is 0 Å². The third-order valence-corrected chi connectivity index (χ3v) is 3.12. The summed E-state index contributed by atoms with van der Waals surface area (Å²) in [5, 5.41) is 6.04. The summed E-state index contributed by atoms with van der Waals surface area (Å²) >= 11 is 0. The number of nitrogens with one attached hydrogen (secondary N) is 2. The standard InChI is InChI=1S/C14H29N3O3/c1-12(2)19-7-4-5-16-14(18)11-17-6-8-20-13(10-17)9-15-3/h12-13,15H,4-11H2,1-3H3,(H,16,18). The molecule has 0 spiro atoms. The number of carbonyl (C=O) groups excluding carboxylic acids is 1. The van der Waals surface area contributed by atoms with Crippen molar-refractivity contribution in [3.63, 3.8) is 0 Å². The van der Waals surface area contributed by atoms with Crippen LogP contribution in [0.15, 0.2) is 0 Å². The molecule has 0 aliphatic carbocycles. The van der Waals surface area contributed by atoms with E-state index in [0.717, 1.165) is 26.1 Å². The van der Waals surface area contributed by atoms with Crippen LogP contribution in [0.3, 0.4) is 0 Å². The quantitative estimate of drug-likeness (QED) is 0.577. The Morgan fingerprint density at radius 3 is 3.00 bits per heavy atom. The van der Waals surface area contributed by atoms with Gasteiger partial charge in [-0.05, 0) is 27.3 Å². The second-order valence-corrected chi connectivity index (χ2v) is 5.41. The largest absolute Gasteiger partial charge is 0.379 e. The van der Waals surface area contributed by atoms with E-state index in [1.54, 1.807) is 0 Å². The van der Waals surface area contributed by atoms with Crippen LogP contribution in [0.25, 0.3) is 0 Å². The Balaban J connectivity index is 2.09. The molecule has 6 nitrogen and oxygen atoms in total. The fourth-order valence-electron chi connectivity index (χ4n) is 2.15. The zero-order valence-electron chi connectivity index (χ0n) is 13.0. The third-order valence-electron chi connectivity index (χ3n) is 3.12. The Morgan fingerprint density at radius 2 is 2.30 bits per heavy atom. The molecule has 1 aliphatic heterocycles. The average molecular weight is 287 g/mol. The molecule has 0 aromatic rings. The summed E-state index contributed by atoms with van der Waals surface area (Å²) in [4.78, 5) is 14.0. The molecule has 1 amide bonds. The number of rotatable bonds is 9. The van der Waals surface area contributed by atoms with Gasteiger partial charge in [-0.25, -0.2) is 0 Å². The summed E-state index contributed by atoms with van der Waals surface area (Å²) in [6.45, 7) is 9.00. The highest BCUT2D eigenvalue weighted by Crippen LogP contribution is 2.03. The maximum atomic E-state index is 11.8. The lowest BCUT2D eigenvalue weighted by Gasteiger charge is -2.32. The number of likely N-dealkylation sites (N-methyl/N-ethyl adjacent to an activating group) is 1. The van der Waals surface area contributed by atoms with Crippen LogP contribution in [0, 0.1) is 0 Å². The van der Waals surface area contributed by atoms with Gasteiger partial charge in [-0.2, -0.15) is 0 Å². The molecule has 1 fully saturated rings. The van der Waals surface area contributed by atoms with Gasteiger partial charge >= 0.3 is 0 Å². The van der Waals surface area contributed by atoms with Gasteiger partial charge in [-0.3, -0.25) is 9.69 Å². The monoisotopic (exact) mass is 287 g/mol. The van der Waals surface area contributed by atoms with E-state index in [4.69, 9.17) is 9.47 Å². The van der Waals surface area contributed by atoms with Crippen molar-refractivity contribution in [3.8, 4) is 0 Å². The molecule has 0 aromatic heterocycles. The molecular formula is C14H29N3O3. The van der Waals surface area contributed by atoms with Gasteiger partial charge in [0, 0.05) is 32.8 Å². The molecule has 1 aliphatic rings. The summed E-state index contributed by atoms with van der Waals surface area (Å²) < 4.78 is 11.0. The molecule has 1 heterocycles. The molecule has 2 N–H and O–H groups in total. The molecule has 0 aromatic carbocycles. The highest BCUT2D eigenvalue weighted by atomic mass is 16.5. The van der Waals surface area contributed by atoms with E-state index < -0.39 is 0 Å². The molecule has 0 bridgehead atoms. The number of hydrogen-bond donors (Lipinski definition) is 2. The number of nitrogens with zero attached hydrogens (tertiary/aromatic N) is 1. The van der Waals surface area contributed by atoms with Gasteiger partial charge in [0.1, 0.15) is 0 Å². The third kappa shape index (κ3) is 7.79. The molecule has 118 valence electrons. The topological polar surface area (TPSA) is 62.8 Å². The lowest BCUT2D eigenvalue weighted by molar-refractivity contribution is -0.124. The normalized spacial score (nSPS) is 20.3. The summed E-state index contributed by atoms with van der Waals surface area (Å²) in [7, 11) is 1.91. The number of ether oxygens (including phenoxy) is 2. The fourth-order valence-corrected chi connectivity index (χ4v) is 2.15. The first-order valence-corrected chi connectivity index (χ1v) is 7.48. The first-order valence-electron chi connectivity index (χ1n) is 7.48. The minimum absolute atomic E-state index is 0.0830. The predicted octanol–water partition coefficient (Wildman–Crippen LogP) is -0.162. The van der Waals surface area contributed by atoms with E-state index in [0.29, 0.717) is 26.3 Å². The Kier molecular flexibility index (Phi) is 8.77. The number of hydrogen-bond acceptors (Lipinski definition) is 5. The molecule has 1 rings (SSSR count). The van der Waals surface area contributed by atoms with Gasteiger partial charge in [0.05, 0.1) is 25.4 Å². The van der Waals surface area contributed by atoms with Crippen LogP contribution >= 0.6 is 0 Å². The summed E-state index contributed by atoms with van der Waals surface area (Å²) in [6.07, 6.45) is 1.29. The van der Waals surface area contributed by atoms with Gasteiger partial charge in [-0.15, -0.1) is 0 Å². The van der Waals surface area contributed by atoms with Crippen molar-refractivity contribution >= 4 is 5.91 Å². The minimum atomic E-state index is 0.0830. The Labute approximate surface area is 122 Å². The Bertz CT molecular complexity index is 272. The first-order chi connectivity index (χ1) is 9.61. The Hall–Kier alpha value is -0.690. The highest BCUT2D eigenvalue weighted by molar-refractivity contribution is 5.77. The number of carbonyl (C=O) groups is 1. The highest BCUT2D eigenvalue weighted by Gasteiger charge is 2.21. The number of amides is 1. The van der Waals surface area contributed by atoms with Crippen LogP contribution in [0.2, 0.25) is 0 Å². The van der Waals surface area contributed by atoms with Crippen LogP contribution in [-0.2, 0) is 14.3 Å². The van der Waals surface area contributed by atoms with Gasteiger partial charge in [0.15, 0.2) is 0 Å². The molecule has 0 saturated carbocycles. The second-order valence-electron chi connectivity index (χ2n) is 5.41. The molecule has 0 radical (unpaired) electrons. The molecule has 6 heteroatoms. The van der Waals surface area contributed by atoms with Crippen LogP contribution in [-0.4, -0.2) is 76.0 Å². The van der Waals surface area contributed by atoms with E-state index in [9.17, 15) is 4.79 Å². The lowest BCUT2D eigenvalue weighted by Crippen LogP contribution is -2.49. The number of morpholine rings is 1. The zero-order chi connectivity index (χ0) is 14.8. The molecule has 1 saturated heterocycles. The van der Waals surface area contributed by atoms with Crippen molar-refractivity contribution in [1.82, 2.24) is 15.5 Å². The van der Waals surface area contributed by atoms with E-state index in [1.165, 1.54) is 0 Å². The molecule has 1 unspecified atom stereocenters. The maximum Gasteiger partial charge on any atom is 0.234 e. The van der Waals surface area contributed by atoms with Crippen LogP contribution in [0.5, 0.6) is 0 Å².